The van der Waals surface area contributed by atoms with Crippen molar-refractivity contribution in [1.82, 2.24) is 4.98 Å². The van der Waals surface area contributed by atoms with Gasteiger partial charge < -0.3 is 14.5 Å². The molecule has 3 aromatic carbocycles. The Kier molecular flexibility index (Phi) is 7.82. The highest BCUT2D eigenvalue weighted by molar-refractivity contribution is 8.00. The number of hydrogen-bond acceptors (Lipinski definition) is 10. The first-order valence-electron chi connectivity index (χ1n) is 13.7. The second-order valence-corrected chi connectivity index (χ2v) is 12.4. The summed E-state index contributed by atoms with van der Waals surface area (Å²) < 4.78 is 11.2. The Hall–Kier alpha value is -4.75. The molecule has 3 heterocycles. The van der Waals surface area contributed by atoms with Gasteiger partial charge in [0.25, 0.3) is 5.69 Å². The maximum Gasteiger partial charge on any atom is 0.338 e. The molecule has 1 N–H and O–H groups in total. The molecule has 0 aliphatic carbocycles. The van der Waals surface area contributed by atoms with Crippen molar-refractivity contribution in [2.45, 2.75) is 36.6 Å². The number of nitrogens with one attached hydrogen (secondary N) is 1. The summed E-state index contributed by atoms with van der Waals surface area (Å²) in [5.74, 6) is -3.11. The van der Waals surface area contributed by atoms with Crippen LogP contribution in [0.15, 0.2) is 76.6 Å². The van der Waals surface area contributed by atoms with Crippen LogP contribution < -0.4 is 14.5 Å². The van der Waals surface area contributed by atoms with E-state index < -0.39 is 39.8 Å². The molecule has 224 valence electrons. The molecule has 2 unspecified atom stereocenters. The molecule has 1 aromatic heterocycles. The number of ether oxygens (including phenoxy) is 2. The molecular weight excluding hydrogens is 606 g/mol. The van der Waals surface area contributed by atoms with E-state index in [2.05, 4.69) is 4.98 Å². The number of thiazole rings is 1. The molecule has 0 spiro atoms. The molecule has 0 radical (unpaired) electrons. The topological polar surface area (TPSA) is 149 Å². The number of benzene rings is 3. The summed E-state index contributed by atoms with van der Waals surface area (Å²) in [5.41, 5.74) is 2.60. The predicted molar refractivity (Wildman–Crippen MR) is 163 cm³/mol. The minimum atomic E-state index is -0.986. The van der Waals surface area contributed by atoms with E-state index in [-0.39, 0.29) is 35.0 Å². The van der Waals surface area contributed by atoms with Crippen LogP contribution in [-0.2, 0) is 20.9 Å². The summed E-state index contributed by atoms with van der Waals surface area (Å²) >= 11 is 1.99. The quantitative estimate of drug-likeness (QED) is 0.120. The largest absolute Gasteiger partial charge is 0.489 e. The number of carbonyl (C=O) groups is 3. The van der Waals surface area contributed by atoms with Crippen LogP contribution in [0.3, 0.4) is 0 Å². The number of rotatable bonds is 8. The number of H-pyrrole nitrogens is 1. The smallest absolute Gasteiger partial charge is 0.338 e. The number of nitro groups is 1. The van der Waals surface area contributed by atoms with E-state index in [1.807, 2.05) is 31.2 Å². The van der Waals surface area contributed by atoms with Gasteiger partial charge in [-0.15, -0.1) is 0 Å². The molecule has 6 rings (SSSR count). The molecule has 2 aliphatic heterocycles. The summed E-state index contributed by atoms with van der Waals surface area (Å²) in [6.45, 7) is 4.01. The first kappa shape index (κ1) is 29.3. The lowest BCUT2D eigenvalue weighted by Gasteiger charge is -2.30. The zero-order valence-electron chi connectivity index (χ0n) is 23.5. The third-order valence-electron chi connectivity index (χ3n) is 7.51. The number of fused-ring (bicyclic) bond motifs is 2. The number of anilines is 1. The highest BCUT2D eigenvalue weighted by Crippen LogP contribution is 2.55. The van der Waals surface area contributed by atoms with E-state index in [4.69, 9.17) is 9.47 Å². The third kappa shape index (κ3) is 5.28. The molecule has 0 bridgehead atoms. The van der Waals surface area contributed by atoms with Gasteiger partial charge in [0, 0.05) is 28.5 Å². The Labute approximate surface area is 259 Å². The van der Waals surface area contributed by atoms with Crippen molar-refractivity contribution in [2.75, 3.05) is 11.5 Å². The molecule has 1 saturated heterocycles. The number of imide groups is 1. The summed E-state index contributed by atoms with van der Waals surface area (Å²) in [6.07, 6.45) is 0. The van der Waals surface area contributed by atoms with Crippen molar-refractivity contribution in [3.8, 4) is 5.75 Å². The number of aryl methyl sites for hydroxylation is 1. The van der Waals surface area contributed by atoms with Crippen molar-refractivity contribution in [3.05, 3.63) is 114 Å². The Morgan fingerprint density at radius 1 is 1.02 bits per heavy atom. The Bertz CT molecular complexity index is 1850. The lowest BCUT2D eigenvalue weighted by atomic mass is 9.82. The standard InChI is InChI=1S/C31H25N3O8S2/c1-3-41-30(37)18-8-10-19(11-9-18)33-28(35)24-23(25-27(32-31(38)44-25)43-26(24)29(33)36)21-14-20(34(39)40)12-13-22(21)42-15-17-6-4-16(2)5-7-17/h4-14,23-24,26H,3,15H2,1-2H3,(H,32,38)/t23-,24?,26?/m1/s1. The summed E-state index contributed by atoms with van der Waals surface area (Å²) in [6, 6.07) is 17.8. The number of nitro benzene ring substituents is 1. The number of thioether (sulfide) groups is 1. The van der Waals surface area contributed by atoms with Crippen LogP contribution in [0.4, 0.5) is 11.4 Å². The van der Waals surface area contributed by atoms with E-state index >= 15 is 0 Å². The first-order chi connectivity index (χ1) is 21.2. The molecular formula is C31H25N3O8S2. The second-order valence-electron chi connectivity index (χ2n) is 10.3. The van der Waals surface area contributed by atoms with Crippen molar-refractivity contribution >= 4 is 52.3 Å². The third-order valence-corrected chi connectivity index (χ3v) is 9.92. The van der Waals surface area contributed by atoms with E-state index in [1.165, 1.54) is 42.5 Å². The molecule has 13 heteroatoms. The Morgan fingerprint density at radius 2 is 1.75 bits per heavy atom. The van der Waals surface area contributed by atoms with Crippen LogP contribution in [0.1, 0.15) is 44.8 Å². The molecule has 44 heavy (non-hydrogen) atoms. The van der Waals surface area contributed by atoms with Gasteiger partial charge in [0.15, 0.2) is 0 Å². The lowest BCUT2D eigenvalue weighted by molar-refractivity contribution is -0.385. The average molecular weight is 632 g/mol. The number of carbonyl (C=O) groups excluding carboxylic acids is 3. The fourth-order valence-corrected chi connectivity index (χ4v) is 7.94. The van der Waals surface area contributed by atoms with Crippen molar-refractivity contribution in [1.29, 1.82) is 0 Å². The lowest BCUT2D eigenvalue weighted by Crippen LogP contribution is -2.32. The van der Waals surface area contributed by atoms with Gasteiger partial charge in [0.1, 0.15) is 17.6 Å². The maximum absolute atomic E-state index is 14.2. The van der Waals surface area contributed by atoms with Crippen LogP contribution >= 0.6 is 23.1 Å². The Balaban J connectivity index is 1.42. The number of nitrogens with zero attached hydrogens (tertiary/aromatic N) is 2. The van der Waals surface area contributed by atoms with Gasteiger partial charge in [-0.25, -0.2) is 9.69 Å². The number of aromatic nitrogens is 1. The predicted octanol–water partition coefficient (Wildman–Crippen LogP) is 5.20. The normalized spacial score (nSPS) is 19.0. The van der Waals surface area contributed by atoms with Crippen LogP contribution in [0.2, 0.25) is 0 Å². The fourth-order valence-electron chi connectivity index (χ4n) is 5.44. The van der Waals surface area contributed by atoms with Gasteiger partial charge in [0.05, 0.1) is 33.7 Å². The molecule has 2 aliphatic rings. The minimum Gasteiger partial charge on any atom is -0.489 e. The van der Waals surface area contributed by atoms with E-state index in [1.54, 1.807) is 6.92 Å². The summed E-state index contributed by atoms with van der Waals surface area (Å²) in [4.78, 5) is 67.9. The highest BCUT2D eigenvalue weighted by Gasteiger charge is 2.57. The molecule has 4 aromatic rings. The van der Waals surface area contributed by atoms with Gasteiger partial charge in [-0.2, -0.15) is 0 Å². The van der Waals surface area contributed by atoms with Crippen molar-refractivity contribution < 1.29 is 28.8 Å². The van der Waals surface area contributed by atoms with Crippen LogP contribution in [0, 0.1) is 23.0 Å². The monoisotopic (exact) mass is 631 g/mol. The highest BCUT2D eigenvalue weighted by atomic mass is 32.2. The number of esters is 1. The van der Waals surface area contributed by atoms with E-state index in [0.717, 1.165) is 39.1 Å². The van der Waals surface area contributed by atoms with Crippen molar-refractivity contribution in [2.24, 2.45) is 5.92 Å². The molecule has 11 nitrogen and oxygen atoms in total. The fraction of sp³-hybridized carbons (Fsp3) is 0.226. The number of hydrogen-bond donors (Lipinski definition) is 1. The van der Waals surface area contributed by atoms with Crippen LogP contribution in [0.25, 0.3) is 0 Å². The SMILES string of the molecule is CCOC(=O)c1ccc(N2C(=O)C3Sc4[nH]c(=O)sc4[C@H](c4cc([N+](=O)[O-])ccc4OCc4ccc(C)cc4)C3C2=O)cc1. The second kappa shape index (κ2) is 11.7. The minimum absolute atomic E-state index is 0.155. The van der Waals surface area contributed by atoms with E-state index in [0.29, 0.717) is 21.2 Å². The molecule has 3 atom stereocenters. The zero-order valence-corrected chi connectivity index (χ0v) is 25.1. The number of aromatic amines is 1. The van der Waals surface area contributed by atoms with Gasteiger partial charge in [-0.3, -0.25) is 24.5 Å². The summed E-state index contributed by atoms with van der Waals surface area (Å²) in [7, 11) is 0. The Morgan fingerprint density at radius 3 is 2.43 bits per heavy atom. The van der Waals surface area contributed by atoms with Crippen LogP contribution in [-0.4, -0.2) is 39.5 Å². The molecule has 2 amide bonds. The molecule has 0 saturated carbocycles. The molecule has 1 fully saturated rings. The van der Waals surface area contributed by atoms with E-state index in [9.17, 15) is 29.3 Å². The van der Waals surface area contributed by atoms with Crippen molar-refractivity contribution in [3.63, 3.8) is 0 Å². The maximum atomic E-state index is 14.2. The number of amides is 2. The summed E-state index contributed by atoms with van der Waals surface area (Å²) in [5, 5.41) is 11.4. The van der Waals surface area contributed by atoms with Gasteiger partial charge in [0.2, 0.25) is 11.8 Å². The van der Waals surface area contributed by atoms with Crippen LogP contribution in [0.5, 0.6) is 5.75 Å². The zero-order chi connectivity index (χ0) is 31.1. The van der Waals surface area contributed by atoms with Gasteiger partial charge >= 0.3 is 10.8 Å². The first-order valence-corrected chi connectivity index (χ1v) is 15.4. The average Bonchev–Trinajstić information content (AvgIpc) is 3.51. The van der Waals surface area contributed by atoms with Gasteiger partial charge in [-0.1, -0.05) is 52.9 Å². The number of non-ortho nitro benzene ring substituents is 1. The van der Waals surface area contributed by atoms with Gasteiger partial charge in [-0.05, 0) is 49.7 Å².